The van der Waals surface area contributed by atoms with Crippen molar-refractivity contribution in [2.45, 2.75) is 0 Å². The zero-order valence-electron chi connectivity index (χ0n) is 15.2. The van der Waals surface area contributed by atoms with Crippen LogP contribution >= 0.6 is 15.9 Å². The molecule has 5 N–H and O–H groups in total. The number of hydrogen-bond donors (Lipinski definition) is 3. The van der Waals surface area contributed by atoms with Crippen molar-refractivity contribution < 1.29 is 0 Å². The van der Waals surface area contributed by atoms with Gasteiger partial charge in [-0.05, 0) is 24.3 Å². The largest absolute Gasteiger partial charge is 0.398 e. The monoisotopic (exact) mass is 448 g/mol. The smallest absolute Gasteiger partial charge is 0.206 e. The number of fused-ring (bicyclic) bond motifs is 3. The Hall–Kier alpha value is -3.90. The van der Waals surface area contributed by atoms with Crippen LogP contribution < -0.4 is 11.5 Å². The summed E-state index contributed by atoms with van der Waals surface area (Å²) in [4.78, 5) is 17.2. The summed E-state index contributed by atoms with van der Waals surface area (Å²) in [5.41, 5.74) is 15.0. The minimum atomic E-state index is 0.469. The van der Waals surface area contributed by atoms with Gasteiger partial charge in [-0.2, -0.15) is 5.26 Å². The third-order valence-corrected chi connectivity index (χ3v) is 3.98. The first kappa shape index (κ1) is 19.9. The van der Waals surface area contributed by atoms with Crippen LogP contribution in [-0.2, 0) is 0 Å². The minimum absolute atomic E-state index is 0.469. The van der Waals surface area contributed by atoms with Crippen molar-refractivity contribution in [1.82, 2.24) is 24.3 Å². The molecule has 9 heteroatoms. The highest BCUT2D eigenvalue weighted by Crippen LogP contribution is 2.21. The molecule has 5 rings (SSSR count). The van der Waals surface area contributed by atoms with Crippen LogP contribution in [0.3, 0.4) is 0 Å². The van der Waals surface area contributed by atoms with Gasteiger partial charge in [-0.3, -0.25) is 4.40 Å². The summed E-state index contributed by atoms with van der Waals surface area (Å²) >= 11 is 2.45. The first-order valence-corrected chi connectivity index (χ1v) is 9.26. The summed E-state index contributed by atoms with van der Waals surface area (Å²) in [6.07, 6.45) is 7.02. The molecule has 0 spiro atoms. The van der Waals surface area contributed by atoms with Gasteiger partial charge in [-0.15, -0.1) is 0 Å². The van der Waals surface area contributed by atoms with E-state index < -0.39 is 0 Å². The number of H-pyrrole nitrogens is 1. The number of nitrogens with zero attached hydrogens (tertiary/aromatic N) is 5. The Morgan fingerprint density at radius 2 is 1.72 bits per heavy atom. The van der Waals surface area contributed by atoms with Crippen LogP contribution in [0.15, 0.2) is 73.3 Å². The fraction of sp³-hybridized carbons (Fsp3) is 0. The highest BCUT2D eigenvalue weighted by atomic mass is 79.9. The predicted molar refractivity (Wildman–Crippen MR) is 118 cm³/mol. The summed E-state index contributed by atoms with van der Waals surface area (Å²) in [5.74, 6) is 1.28. The van der Waals surface area contributed by atoms with Gasteiger partial charge in [0.05, 0.1) is 5.52 Å². The third kappa shape index (κ3) is 4.51. The molecule has 0 saturated heterocycles. The van der Waals surface area contributed by atoms with Gasteiger partial charge < -0.3 is 16.5 Å². The molecule has 3 heterocycles. The highest BCUT2D eigenvalue weighted by Gasteiger charge is 2.04. The van der Waals surface area contributed by atoms with Gasteiger partial charge in [0, 0.05) is 57.4 Å². The second kappa shape index (κ2) is 9.34. The molecular formula is C20H17BrN8. The molecule has 0 aliphatic heterocycles. The zero-order chi connectivity index (χ0) is 20.6. The molecule has 0 unspecified atom stereocenters. The fourth-order valence-corrected chi connectivity index (χ4v) is 2.75. The Kier molecular flexibility index (Phi) is 6.40. The molecule has 0 saturated carbocycles. The van der Waals surface area contributed by atoms with Gasteiger partial charge >= 0.3 is 0 Å². The summed E-state index contributed by atoms with van der Waals surface area (Å²) in [6.45, 7) is 0. The lowest BCUT2D eigenvalue weighted by Gasteiger charge is -2.02. The number of aromatic amines is 1. The van der Waals surface area contributed by atoms with Crippen molar-refractivity contribution in [2.24, 2.45) is 0 Å². The average molecular weight is 449 g/mol. The van der Waals surface area contributed by atoms with Crippen molar-refractivity contribution in [3.05, 3.63) is 73.3 Å². The normalized spacial score (nSPS) is 9.79. The van der Waals surface area contributed by atoms with Gasteiger partial charge in [-0.25, -0.2) is 15.0 Å². The molecule has 8 nitrogen and oxygen atoms in total. The SMILES string of the molecule is N#CBr.Nc1ccccc1-c1ncc[nH]1.Nc1nc2ccccc2c2nccn12. The molecular weight excluding hydrogens is 432 g/mol. The Morgan fingerprint density at radius 1 is 1.00 bits per heavy atom. The van der Waals surface area contributed by atoms with Crippen LogP contribution in [0.2, 0.25) is 0 Å². The van der Waals surface area contributed by atoms with E-state index in [1.807, 2.05) is 54.7 Å². The quantitative estimate of drug-likeness (QED) is 0.331. The van der Waals surface area contributed by atoms with E-state index in [-0.39, 0.29) is 0 Å². The molecule has 0 bridgehead atoms. The van der Waals surface area contributed by atoms with E-state index in [0.717, 1.165) is 33.6 Å². The first-order valence-electron chi connectivity index (χ1n) is 8.47. The summed E-state index contributed by atoms with van der Waals surface area (Å²) in [5, 5.41) is 8.26. The Balaban J connectivity index is 0.000000148. The summed E-state index contributed by atoms with van der Waals surface area (Å²) in [7, 11) is 0. The number of imidazole rings is 2. The van der Waals surface area contributed by atoms with Crippen LogP contribution in [0.25, 0.3) is 27.9 Å². The third-order valence-electron chi connectivity index (χ3n) is 3.98. The predicted octanol–water partition coefficient (Wildman–Crippen LogP) is 3.99. The van der Waals surface area contributed by atoms with Crippen molar-refractivity contribution in [1.29, 1.82) is 5.26 Å². The van der Waals surface area contributed by atoms with E-state index in [4.69, 9.17) is 16.7 Å². The summed E-state index contributed by atoms with van der Waals surface area (Å²) < 4.78 is 1.78. The lowest BCUT2D eigenvalue weighted by molar-refractivity contribution is 1.14. The second-order valence-electron chi connectivity index (χ2n) is 5.72. The van der Waals surface area contributed by atoms with E-state index in [1.165, 1.54) is 0 Å². The Morgan fingerprint density at radius 3 is 2.45 bits per heavy atom. The molecule has 0 atom stereocenters. The van der Waals surface area contributed by atoms with E-state index >= 15 is 0 Å². The number of anilines is 2. The molecule has 0 fully saturated rings. The van der Waals surface area contributed by atoms with Crippen molar-refractivity contribution in [3.63, 3.8) is 0 Å². The molecule has 2 aromatic carbocycles. The van der Waals surface area contributed by atoms with Crippen LogP contribution in [0.1, 0.15) is 0 Å². The molecule has 0 radical (unpaired) electrons. The highest BCUT2D eigenvalue weighted by molar-refractivity contribution is 9.12. The number of benzene rings is 2. The molecule has 0 amide bonds. The minimum Gasteiger partial charge on any atom is -0.398 e. The van der Waals surface area contributed by atoms with Gasteiger partial charge in [0.25, 0.3) is 0 Å². The number of hydrogen-bond acceptors (Lipinski definition) is 6. The zero-order valence-corrected chi connectivity index (χ0v) is 16.8. The van der Waals surface area contributed by atoms with Gasteiger partial charge in [0.15, 0.2) is 0 Å². The van der Waals surface area contributed by atoms with Gasteiger partial charge in [0.1, 0.15) is 16.5 Å². The van der Waals surface area contributed by atoms with E-state index in [0.29, 0.717) is 5.95 Å². The van der Waals surface area contributed by atoms with Crippen LogP contribution in [-0.4, -0.2) is 24.3 Å². The van der Waals surface area contributed by atoms with Crippen molar-refractivity contribution >= 4 is 44.1 Å². The Bertz CT molecular complexity index is 1250. The summed E-state index contributed by atoms with van der Waals surface area (Å²) in [6, 6.07) is 15.5. The van der Waals surface area contributed by atoms with Crippen LogP contribution in [0, 0.1) is 10.2 Å². The number of rotatable bonds is 1. The molecule has 144 valence electrons. The molecule has 3 aromatic heterocycles. The number of para-hydroxylation sites is 2. The fourth-order valence-electron chi connectivity index (χ4n) is 2.75. The topological polar surface area (TPSA) is 135 Å². The van der Waals surface area contributed by atoms with Crippen LogP contribution in [0.5, 0.6) is 0 Å². The maximum absolute atomic E-state index is 7.24. The standard InChI is InChI=1S/C10H8N4.C9H9N3.CBrN/c11-10-13-8-4-2-1-3-7(8)9-12-5-6-14(9)10;10-8-4-2-1-3-7(8)9-11-5-6-12-9;2-1-3/h1-6H,(H2,11,13);1-6H,10H2,(H,11,12);. The number of halogens is 1. The second-order valence-corrected chi connectivity index (χ2v) is 6.07. The number of nitrogens with one attached hydrogen (secondary N) is 1. The maximum Gasteiger partial charge on any atom is 0.206 e. The number of aromatic nitrogens is 5. The lowest BCUT2D eigenvalue weighted by Crippen LogP contribution is -2.00. The van der Waals surface area contributed by atoms with E-state index in [2.05, 4.69) is 35.9 Å². The lowest BCUT2D eigenvalue weighted by atomic mass is 10.2. The van der Waals surface area contributed by atoms with E-state index in [9.17, 15) is 0 Å². The van der Waals surface area contributed by atoms with Gasteiger partial charge in [-0.1, -0.05) is 24.3 Å². The maximum atomic E-state index is 7.24. The number of nitrogen functional groups attached to an aromatic ring is 2. The first-order chi connectivity index (χ1) is 14.2. The average Bonchev–Trinajstić information content (AvgIpc) is 3.42. The van der Waals surface area contributed by atoms with Gasteiger partial charge in [0.2, 0.25) is 5.95 Å². The molecule has 5 aromatic rings. The molecule has 29 heavy (non-hydrogen) atoms. The number of nitriles is 1. The number of nitrogens with two attached hydrogens (primary N) is 2. The molecule has 0 aliphatic carbocycles. The van der Waals surface area contributed by atoms with Crippen molar-refractivity contribution in [2.75, 3.05) is 11.5 Å². The van der Waals surface area contributed by atoms with E-state index in [1.54, 1.807) is 28.0 Å². The molecule has 0 aliphatic rings. The van der Waals surface area contributed by atoms with Crippen LogP contribution in [0.4, 0.5) is 11.6 Å². The van der Waals surface area contributed by atoms with Crippen molar-refractivity contribution in [3.8, 4) is 16.4 Å². The Labute approximate surface area is 175 Å².